The minimum atomic E-state index is -0.551. The molecule has 6 heteroatoms. The second-order valence-electron chi connectivity index (χ2n) is 5.64. The van der Waals surface area contributed by atoms with E-state index in [2.05, 4.69) is 15.2 Å². The van der Waals surface area contributed by atoms with Crippen molar-refractivity contribution in [3.8, 4) is 0 Å². The van der Waals surface area contributed by atoms with E-state index in [9.17, 15) is 9.59 Å². The first-order chi connectivity index (χ1) is 11.7. The molecule has 3 rings (SSSR count). The number of hydrogen-bond acceptors (Lipinski definition) is 4. The normalized spacial score (nSPS) is 14.3. The van der Waals surface area contributed by atoms with Crippen LogP contribution in [0.2, 0.25) is 0 Å². The van der Waals surface area contributed by atoms with Crippen molar-refractivity contribution < 1.29 is 9.59 Å². The van der Waals surface area contributed by atoms with Gasteiger partial charge in [-0.05, 0) is 17.7 Å². The van der Waals surface area contributed by atoms with Crippen LogP contribution in [0.1, 0.15) is 5.56 Å². The van der Waals surface area contributed by atoms with E-state index < -0.39 is 11.8 Å². The maximum absolute atomic E-state index is 12.2. The average Bonchev–Trinajstić information content (AvgIpc) is 2.67. The van der Waals surface area contributed by atoms with E-state index in [0.29, 0.717) is 32.7 Å². The summed E-state index contributed by atoms with van der Waals surface area (Å²) in [5.41, 5.74) is 0.971. The number of nitrogens with one attached hydrogen (secondary N) is 1. The number of amides is 2. The van der Waals surface area contributed by atoms with E-state index in [4.69, 9.17) is 0 Å². The monoisotopic (exact) mass is 324 g/mol. The molecule has 1 aliphatic rings. The lowest BCUT2D eigenvalue weighted by atomic mass is 10.2. The quantitative estimate of drug-likeness (QED) is 0.857. The van der Waals surface area contributed by atoms with Crippen molar-refractivity contribution in [1.29, 1.82) is 0 Å². The van der Waals surface area contributed by atoms with Crippen LogP contribution in [0.25, 0.3) is 0 Å². The van der Waals surface area contributed by atoms with Gasteiger partial charge in [-0.1, -0.05) is 36.4 Å². The van der Waals surface area contributed by atoms with Gasteiger partial charge < -0.3 is 15.1 Å². The molecule has 0 aliphatic carbocycles. The lowest BCUT2D eigenvalue weighted by Gasteiger charge is -2.35. The first-order valence-electron chi connectivity index (χ1n) is 8.01. The summed E-state index contributed by atoms with van der Waals surface area (Å²) in [6.45, 7) is 2.76. The minimum absolute atomic E-state index is 0.360. The summed E-state index contributed by atoms with van der Waals surface area (Å²) in [7, 11) is 0. The van der Waals surface area contributed by atoms with Crippen molar-refractivity contribution in [3.05, 3.63) is 60.3 Å². The molecule has 1 N–H and O–H groups in total. The molecule has 1 aromatic carbocycles. The van der Waals surface area contributed by atoms with Gasteiger partial charge in [0.1, 0.15) is 5.82 Å². The number of pyridine rings is 1. The van der Waals surface area contributed by atoms with Gasteiger partial charge >= 0.3 is 11.8 Å². The van der Waals surface area contributed by atoms with Crippen LogP contribution in [0.4, 0.5) is 5.82 Å². The predicted octanol–water partition coefficient (Wildman–Crippen LogP) is 1.05. The third kappa shape index (κ3) is 3.90. The molecule has 1 aromatic heterocycles. The molecule has 1 fully saturated rings. The number of anilines is 1. The largest absolute Gasteiger partial charge is 0.353 e. The standard InChI is InChI=1S/C18H20N4O2/c23-17(20-14-15-6-2-1-3-7-15)18(24)22-12-10-21(11-13-22)16-8-4-5-9-19-16/h1-9H,10-14H2,(H,20,23). The van der Waals surface area contributed by atoms with Gasteiger partial charge in [-0.15, -0.1) is 0 Å². The fourth-order valence-electron chi connectivity index (χ4n) is 2.68. The molecule has 24 heavy (non-hydrogen) atoms. The summed E-state index contributed by atoms with van der Waals surface area (Å²) >= 11 is 0. The first kappa shape index (κ1) is 16.0. The molecule has 1 saturated heterocycles. The van der Waals surface area contributed by atoms with E-state index in [0.717, 1.165) is 11.4 Å². The molecule has 1 aliphatic heterocycles. The smallest absolute Gasteiger partial charge is 0.312 e. The highest BCUT2D eigenvalue weighted by Gasteiger charge is 2.26. The van der Waals surface area contributed by atoms with Crippen LogP contribution >= 0.6 is 0 Å². The van der Waals surface area contributed by atoms with Gasteiger partial charge in [0.25, 0.3) is 0 Å². The van der Waals surface area contributed by atoms with Gasteiger partial charge in [0.2, 0.25) is 0 Å². The molecule has 124 valence electrons. The Morgan fingerprint density at radius 3 is 2.33 bits per heavy atom. The number of rotatable bonds is 3. The molecule has 0 saturated carbocycles. The molecule has 2 amide bonds. The fraction of sp³-hybridized carbons (Fsp3) is 0.278. The Morgan fingerprint density at radius 2 is 1.67 bits per heavy atom. The first-order valence-corrected chi connectivity index (χ1v) is 8.01. The van der Waals surface area contributed by atoms with Crippen LogP contribution in [-0.4, -0.2) is 47.9 Å². The Labute approximate surface area is 141 Å². The van der Waals surface area contributed by atoms with Crippen LogP contribution < -0.4 is 10.2 Å². The van der Waals surface area contributed by atoms with E-state index in [-0.39, 0.29) is 0 Å². The van der Waals surface area contributed by atoms with E-state index >= 15 is 0 Å². The van der Waals surface area contributed by atoms with Gasteiger partial charge in [0.05, 0.1) is 0 Å². The average molecular weight is 324 g/mol. The zero-order chi connectivity index (χ0) is 16.8. The van der Waals surface area contributed by atoms with Gasteiger partial charge in [0, 0.05) is 38.9 Å². The van der Waals surface area contributed by atoms with Crippen molar-refractivity contribution in [2.45, 2.75) is 6.54 Å². The number of aromatic nitrogens is 1. The molecular weight excluding hydrogens is 304 g/mol. The minimum Gasteiger partial charge on any atom is -0.353 e. The number of nitrogens with zero attached hydrogens (tertiary/aromatic N) is 3. The molecular formula is C18H20N4O2. The predicted molar refractivity (Wildman–Crippen MR) is 91.3 cm³/mol. The molecule has 2 heterocycles. The second kappa shape index (κ2) is 7.59. The summed E-state index contributed by atoms with van der Waals surface area (Å²) in [5, 5.41) is 2.68. The van der Waals surface area contributed by atoms with E-state index in [1.54, 1.807) is 11.1 Å². The van der Waals surface area contributed by atoms with Crippen molar-refractivity contribution in [2.24, 2.45) is 0 Å². The van der Waals surface area contributed by atoms with Gasteiger partial charge in [-0.25, -0.2) is 4.98 Å². The molecule has 2 aromatic rings. The lowest BCUT2D eigenvalue weighted by molar-refractivity contribution is -0.146. The Morgan fingerprint density at radius 1 is 0.958 bits per heavy atom. The zero-order valence-corrected chi connectivity index (χ0v) is 13.4. The van der Waals surface area contributed by atoms with Gasteiger partial charge in [-0.3, -0.25) is 9.59 Å². The van der Waals surface area contributed by atoms with Gasteiger partial charge in [-0.2, -0.15) is 0 Å². The summed E-state index contributed by atoms with van der Waals surface area (Å²) in [6.07, 6.45) is 1.75. The van der Waals surface area contributed by atoms with E-state index in [1.807, 2.05) is 48.5 Å². The van der Waals surface area contributed by atoms with E-state index in [1.165, 1.54) is 0 Å². The van der Waals surface area contributed by atoms with Gasteiger partial charge in [0.15, 0.2) is 0 Å². The topological polar surface area (TPSA) is 65.5 Å². The number of hydrogen-bond donors (Lipinski definition) is 1. The SMILES string of the molecule is O=C(NCc1ccccc1)C(=O)N1CCN(c2ccccn2)CC1. The summed E-state index contributed by atoms with van der Waals surface area (Å²) in [4.78, 5) is 32.3. The lowest BCUT2D eigenvalue weighted by Crippen LogP contribution is -2.52. The maximum atomic E-state index is 12.2. The Bertz CT molecular complexity index is 683. The van der Waals surface area contributed by atoms with Crippen LogP contribution in [-0.2, 0) is 16.1 Å². The third-order valence-electron chi connectivity index (χ3n) is 4.03. The van der Waals surface area contributed by atoms with Crippen molar-refractivity contribution >= 4 is 17.6 Å². The number of carbonyl (C=O) groups is 2. The highest BCUT2D eigenvalue weighted by Crippen LogP contribution is 2.12. The highest BCUT2D eigenvalue weighted by molar-refractivity contribution is 6.35. The molecule has 0 unspecified atom stereocenters. The van der Waals surface area contributed by atoms with Crippen molar-refractivity contribution in [3.63, 3.8) is 0 Å². The van der Waals surface area contributed by atoms with Crippen molar-refractivity contribution in [1.82, 2.24) is 15.2 Å². The Hall–Kier alpha value is -2.89. The molecule has 0 bridgehead atoms. The highest BCUT2D eigenvalue weighted by atomic mass is 16.2. The molecule has 6 nitrogen and oxygen atoms in total. The number of benzene rings is 1. The summed E-state index contributed by atoms with van der Waals surface area (Å²) in [5.74, 6) is -0.116. The second-order valence-corrected chi connectivity index (χ2v) is 5.64. The zero-order valence-electron chi connectivity index (χ0n) is 13.4. The molecule has 0 atom stereocenters. The third-order valence-corrected chi connectivity index (χ3v) is 4.03. The van der Waals surface area contributed by atoms with Crippen LogP contribution in [0.5, 0.6) is 0 Å². The molecule has 0 spiro atoms. The number of carbonyl (C=O) groups excluding carboxylic acids is 2. The summed E-state index contributed by atoms with van der Waals surface area (Å²) < 4.78 is 0. The van der Waals surface area contributed by atoms with Crippen LogP contribution in [0.3, 0.4) is 0 Å². The van der Waals surface area contributed by atoms with Crippen LogP contribution in [0, 0.1) is 0 Å². The maximum Gasteiger partial charge on any atom is 0.312 e. The Kier molecular flexibility index (Phi) is 5.05. The Balaban J connectivity index is 1.48. The molecule has 0 radical (unpaired) electrons. The number of piperazine rings is 1. The van der Waals surface area contributed by atoms with Crippen LogP contribution in [0.15, 0.2) is 54.7 Å². The fourth-order valence-corrected chi connectivity index (χ4v) is 2.68. The summed E-state index contributed by atoms with van der Waals surface area (Å²) in [6, 6.07) is 15.3. The van der Waals surface area contributed by atoms with Crippen molar-refractivity contribution in [2.75, 3.05) is 31.1 Å².